The zero-order valence-electron chi connectivity index (χ0n) is 12.2. The van der Waals surface area contributed by atoms with Crippen molar-refractivity contribution in [2.75, 3.05) is 25.6 Å². The molecule has 1 unspecified atom stereocenters. The highest BCUT2D eigenvalue weighted by atomic mass is 16.5. The lowest BCUT2D eigenvalue weighted by molar-refractivity contribution is 0.236. The van der Waals surface area contributed by atoms with Crippen LogP contribution in [0.3, 0.4) is 0 Å². The van der Waals surface area contributed by atoms with Gasteiger partial charge in [0.2, 0.25) is 0 Å². The van der Waals surface area contributed by atoms with Gasteiger partial charge in [0.05, 0.1) is 7.11 Å². The van der Waals surface area contributed by atoms with Crippen molar-refractivity contribution in [3.8, 4) is 5.75 Å². The molecular formula is C15H24N2O3. The summed E-state index contributed by atoms with van der Waals surface area (Å²) in [6.45, 7) is 2.83. The number of nitrogens with one attached hydrogen (secondary N) is 2. The van der Waals surface area contributed by atoms with Crippen molar-refractivity contribution >= 4 is 11.7 Å². The maximum Gasteiger partial charge on any atom is 0.319 e. The van der Waals surface area contributed by atoms with Crippen LogP contribution in [0.1, 0.15) is 26.2 Å². The zero-order valence-corrected chi connectivity index (χ0v) is 12.2. The molecule has 0 aliphatic rings. The number of rotatable bonds is 8. The number of aliphatic hydroxyl groups is 1. The van der Waals surface area contributed by atoms with E-state index in [4.69, 9.17) is 9.84 Å². The van der Waals surface area contributed by atoms with Crippen LogP contribution in [0.25, 0.3) is 0 Å². The Bertz CT molecular complexity index is 404. The molecule has 0 aromatic heterocycles. The van der Waals surface area contributed by atoms with E-state index in [1.165, 1.54) is 0 Å². The number of anilines is 1. The van der Waals surface area contributed by atoms with Crippen LogP contribution in [0.4, 0.5) is 10.5 Å². The molecular weight excluding hydrogens is 256 g/mol. The molecule has 3 N–H and O–H groups in total. The number of benzene rings is 1. The van der Waals surface area contributed by atoms with E-state index in [1.807, 2.05) is 12.1 Å². The summed E-state index contributed by atoms with van der Waals surface area (Å²) in [5.74, 6) is 1.02. The standard InChI is InChI=1S/C15H24N2O3/c1-3-5-12(8-9-18)11-16-15(19)17-13-6-4-7-14(10-13)20-2/h4,6-7,10,12,18H,3,5,8-9,11H2,1-2H3,(H2,16,17,19). The molecule has 0 fully saturated rings. The maximum atomic E-state index is 11.8. The fourth-order valence-corrected chi connectivity index (χ4v) is 2.05. The fraction of sp³-hybridized carbons (Fsp3) is 0.533. The molecule has 5 heteroatoms. The summed E-state index contributed by atoms with van der Waals surface area (Å²) >= 11 is 0. The largest absolute Gasteiger partial charge is 0.497 e. The molecule has 2 amide bonds. The highest BCUT2D eigenvalue weighted by Crippen LogP contribution is 2.16. The first-order valence-corrected chi connectivity index (χ1v) is 6.99. The van der Waals surface area contributed by atoms with E-state index in [-0.39, 0.29) is 12.6 Å². The van der Waals surface area contributed by atoms with Crippen LogP contribution in [-0.4, -0.2) is 31.4 Å². The first kappa shape index (κ1) is 16.3. The first-order chi connectivity index (χ1) is 9.69. The number of ether oxygens (including phenoxy) is 1. The third-order valence-electron chi connectivity index (χ3n) is 3.11. The van der Waals surface area contributed by atoms with Gasteiger partial charge < -0.3 is 20.5 Å². The van der Waals surface area contributed by atoms with Crippen LogP contribution < -0.4 is 15.4 Å². The van der Waals surface area contributed by atoms with E-state index in [0.717, 1.165) is 12.8 Å². The van der Waals surface area contributed by atoms with Gasteiger partial charge >= 0.3 is 6.03 Å². The van der Waals surface area contributed by atoms with Crippen molar-refractivity contribution < 1.29 is 14.6 Å². The minimum absolute atomic E-state index is 0.157. The fourth-order valence-electron chi connectivity index (χ4n) is 2.05. The van der Waals surface area contributed by atoms with Gasteiger partial charge in [-0.15, -0.1) is 0 Å². The minimum Gasteiger partial charge on any atom is -0.497 e. The van der Waals surface area contributed by atoms with E-state index in [2.05, 4.69) is 17.6 Å². The molecule has 1 atom stereocenters. The second-order valence-electron chi connectivity index (χ2n) is 4.73. The average molecular weight is 280 g/mol. The Morgan fingerprint density at radius 1 is 1.40 bits per heavy atom. The summed E-state index contributed by atoms with van der Waals surface area (Å²) in [7, 11) is 1.59. The van der Waals surface area contributed by atoms with Gasteiger partial charge in [-0.2, -0.15) is 0 Å². The van der Waals surface area contributed by atoms with Gasteiger partial charge in [-0.3, -0.25) is 0 Å². The van der Waals surface area contributed by atoms with Crippen LogP contribution in [-0.2, 0) is 0 Å². The summed E-state index contributed by atoms with van der Waals surface area (Å²) in [4.78, 5) is 11.8. The molecule has 0 aliphatic carbocycles. The molecule has 0 spiro atoms. The number of hydrogen-bond donors (Lipinski definition) is 3. The van der Waals surface area contributed by atoms with Gasteiger partial charge in [-0.05, 0) is 30.9 Å². The number of aliphatic hydroxyl groups excluding tert-OH is 1. The summed E-state index contributed by atoms with van der Waals surface area (Å²) in [5, 5.41) is 14.6. The molecule has 0 saturated heterocycles. The van der Waals surface area contributed by atoms with Crippen molar-refractivity contribution in [1.82, 2.24) is 5.32 Å². The highest BCUT2D eigenvalue weighted by molar-refractivity contribution is 5.89. The Morgan fingerprint density at radius 2 is 2.20 bits per heavy atom. The second-order valence-corrected chi connectivity index (χ2v) is 4.73. The lowest BCUT2D eigenvalue weighted by Crippen LogP contribution is -2.33. The molecule has 112 valence electrons. The van der Waals surface area contributed by atoms with E-state index in [1.54, 1.807) is 19.2 Å². The molecule has 0 aliphatic heterocycles. The van der Waals surface area contributed by atoms with E-state index < -0.39 is 0 Å². The predicted octanol–water partition coefficient (Wildman–Crippen LogP) is 2.62. The number of methoxy groups -OCH3 is 1. The van der Waals surface area contributed by atoms with E-state index in [9.17, 15) is 4.79 Å². The lowest BCUT2D eigenvalue weighted by Gasteiger charge is -2.16. The summed E-state index contributed by atoms with van der Waals surface area (Å²) in [6.07, 6.45) is 2.76. The van der Waals surface area contributed by atoms with Crippen molar-refractivity contribution in [3.63, 3.8) is 0 Å². The third kappa shape index (κ3) is 5.93. The molecule has 1 aromatic rings. The Kier molecular flexibility index (Phi) is 7.50. The van der Waals surface area contributed by atoms with Crippen LogP contribution in [0.2, 0.25) is 0 Å². The molecule has 20 heavy (non-hydrogen) atoms. The van der Waals surface area contributed by atoms with E-state index >= 15 is 0 Å². The van der Waals surface area contributed by atoms with E-state index in [0.29, 0.717) is 30.3 Å². The number of carbonyl (C=O) groups excluding carboxylic acids is 1. The van der Waals surface area contributed by atoms with Crippen LogP contribution in [0, 0.1) is 5.92 Å². The van der Waals surface area contributed by atoms with Crippen LogP contribution >= 0.6 is 0 Å². The molecule has 5 nitrogen and oxygen atoms in total. The maximum absolute atomic E-state index is 11.8. The number of amides is 2. The number of hydrogen-bond acceptors (Lipinski definition) is 3. The van der Waals surface area contributed by atoms with Crippen molar-refractivity contribution in [1.29, 1.82) is 0 Å². The molecule has 0 saturated carbocycles. The molecule has 1 aromatic carbocycles. The van der Waals surface area contributed by atoms with Gasteiger partial charge in [-0.25, -0.2) is 4.79 Å². The quantitative estimate of drug-likeness (QED) is 0.685. The number of urea groups is 1. The first-order valence-electron chi connectivity index (χ1n) is 6.99. The molecule has 0 bridgehead atoms. The van der Waals surface area contributed by atoms with Crippen molar-refractivity contribution in [2.24, 2.45) is 5.92 Å². The summed E-state index contributed by atoms with van der Waals surface area (Å²) in [6, 6.07) is 6.97. The van der Waals surface area contributed by atoms with Gasteiger partial charge in [0, 0.05) is 24.9 Å². The summed E-state index contributed by atoms with van der Waals surface area (Å²) in [5.41, 5.74) is 0.691. The van der Waals surface area contributed by atoms with Gasteiger partial charge in [0.15, 0.2) is 0 Å². The van der Waals surface area contributed by atoms with Gasteiger partial charge in [-0.1, -0.05) is 19.4 Å². The lowest BCUT2D eigenvalue weighted by atomic mass is 10.0. The molecule has 1 rings (SSSR count). The van der Waals surface area contributed by atoms with Gasteiger partial charge in [0.25, 0.3) is 0 Å². The highest BCUT2D eigenvalue weighted by Gasteiger charge is 2.09. The van der Waals surface area contributed by atoms with Gasteiger partial charge in [0.1, 0.15) is 5.75 Å². The van der Waals surface area contributed by atoms with Crippen molar-refractivity contribution in [2.45, 2.75) is 26.2 Å². The smallest absolute Gasteiger partial charge is 0.319 e. The summed E-state index contributed by atoms with van der Waals surface area (Å²) < 4.78 is 5.10. The molecule has 0 heterocycles. The van der Waals surface area contributed by atoms with Crippen molar-refractivity contribution in [3.05, 3.63) is 24.3 Å². The minimum atomic E-state index is -0.239. The normalized spacial score (nSPS) is 11.8. The Balaban J connectivity index is 2.42. The monoisotopic (exact) mass is 280 g/mol. The zero-order chi connectivity index (χ0) is 14.8. The Labute approximate surface area is 120 Å². The Hall–Kier alpha value is -1.75. The molecule has 0 radical (unpaired) electrons. The average Bonchev–Trinajstić information content (AvgIpc) is 2.45. The SMILES string of the molecule is CCCC(CCO)CNC(=O)Nc1cccc(OC)c1. The number of carbonyl (C=O) groups is 1. The van der Waals surface area contributed by atoms with Crippen LogP contribution in [0.15, 0.2) is 24.3 Å². The van der Waals surface area contributed by atoms with Crippen LogP contribution in [0.5, 0.6) is 5.75 Å². The third-order valence-corrected chi connectivity index (χ3v) is 3.11. The second kappa shape index (κ2) is 9.20. The predicted molar refractivity (Wildman–Crippen MR) is 80.1 cm³/mol. The topological polar surface area (TPSA) is 70.6 Å². The Morgan fingerprint density at radius 3 is 2.85 bits per heavy atom.